The van der Waals surface area contributed by atoms with E-state index in [-0.39, 0.29) is 12.2 Å². The van der Waals surface area contributed by atoms with Crippen molar-refractivity contribution in [2.24, 2.45) is 0 Å². The normalized spacial score (nSPS) is 14.1. The summed E-state index contributed by atoms with van der Waals surface area (Å²) in [6.07, 6.45) is -3.51. The lowest BCUT2D eigenvalue weighted by Gasteiger charge is -2.16. The van der Waals surface area contributed by atoms with Gasteiger partial charge in [-0.3, -0.25) is 0 Å². The highest BCUT2D eigenvalue weighted by Gasteiger charge is 2.29. The number of rotatable bonds is 4. The summed E-state index contributed by atoms with van der Waals surface area (Å²) < 4.78 is 42.5. The number of hydrogen-bond acceptors (Lipinski definition) is 1. The van der Waals surface area contributed by atoms with E-state index < -0.39 is 11.7 Å². The summed E-state index contributed by atoms with van der Waals surface area (Å²) in [4.78, 5) is 0. The molecule has 96 valence electrons. The van der Waals surface area contributed by atoms with Crippen LogP contribution in [0.5, 0.6) is 0 Å². The Balaban J connectivity index is 2.63. The minimum Gasteiger partial charge on any atom is -0.376 e. The van der Waals surface area contributed by atoms with Crippen LogP contribution in [0.25, 0.3) is 0 Å². The summed E-state index contributed by atoms with van der Waals surface area (Å²) in [6, 6.07) is 5.22. The Kier molecular flexibility index (Phi) is 4.57. The van der Waals surface area contributed by atoms with E-state index in [9.17, 15) is 13.2 Å². The molecule has 0 spiro atoms. The fourth-order valence-electron chi connectivity index (χ4n) is 1.67. The molecule has 0 saturated heterocycles. The molecule has 0 bridgehead atoms. The third kappa shape index (κ3) is 4.77. The maximum atomic E-state index is 12.3. The molecule has 1 nitrogen and oxygen atoms in total. The zero-order valence-electron chi connectivity index (χ0n) is 10.2. The van der Waals surface area contributed by atoms with Crippen molar-refractivity contribution in [2.45, 2.75) is 45.6 Å². The second-order valence-electron chi connectivity index (χ2n) is 4.39. The van der Waals surface area contributed by atoms with Crippen molar-refractivity contribution in [3.8, 4) is 0 Å². The van der Waals surface area contributed by atoms with Crippen LogP contribution in [0.3, 0.4) is 0 Å². The monoisotopic (exact) mass is 246 g/mol. The lowest BCUT2D eigenvalue weighted by atomic mass is 10.1. The summed E-state index contributed by atoms with van der Waals surface area (Å²) in [5.41, 5.74) is 0.241. The Labute approximate surface area is 99.6 Å². The van der Waals surface area contributed by atoms with E-state index in [0.717, 1.165) is 17.7 Å². The van der Waals surface area contributed by atoms with Crippen LogP contribution < -0.4 is 0 Å². The number of halogens is 3. The van der Waals surface area contributed by atoms with Crippen molar-refractivity contribution < 1.29 is 17.9 Å². The van der Waals surface area contributed by atoms with E-state index in [1.54, 1.807) is 0 Å². The van der Waals surface area contributed by atoms with Gasteiger partial charge in [-0.15, -0.1) is 0 Å². The molecule has 0 N–H and O–H groups in total. The largest absolute Gasteiger partial charge is 0.416 e. The first-order valence-corrected chi connectivity index (χ1v) is 5.60. The molecular weight excluding hydrogens is 229 g/mol. The third-order valence-corrected chi connectivity index (χ3v) is 2.31. The van der Waals surface area contributed by atoms with Gasteiger partial charge in [-0.05, 0) is 44.9 Å². The number of ether oxygens (including phenoxy) is 1. The molecule has 0 aliphatic heterocycles. The molecule has 1 rings (SSSR count). The average Bonchev–Trinajstić information content (AvgIpc) is 2.15. The molecule has 0 aliphatic rings. The molecule has 0 saturated carbocycles. The van der Waals surface area contributed by atoms with Gasteiger partial charge in [-0.1, -0.05) is 12.1 Å². The lowest BCUT2D eigenvalue weighted by Crippen LogP contribution is -2.16. The maximum Gasteiger partial charge on any atom is 0.416 e. The Morgan fingerprint density at radius 2 is 1.59 bits per heavy atom. The van der Waals surface area contributed by atoms with Crippen molar-refractivity contribution in [3.63, 3.8) is 0 Å². The van der Waals surface area contributed by atoms with E-state index in [4.69, 9.17) is 4.74 Å². The average molecular weight is 246 g/mol. The molecule has 0 aliphatic carbocycles. The van der Waals surface area contributed by atoms with Gasteiger partial charge in [-0.2, -0.15) is 13.2 Å². The molecule has 1 aromatic carbocycles. The van der Waals surface area contributed by atoms with Gasteiger partial charge in [0, 0.05) is 0 Å². The Hall–Kier alpha value is -1.03. The fraction of sp³-hybridized carbons (Fsp3) is 0.538. The quantitative estimate of drug-likeness (QED) is 0.778. The van der Waals surface area contributed by atoms with E-state index in [2.05, 4.69) is 0 Å². The van der Waals surface area contributed by atoms with Crippen LogP contribution in [-0.4, -0.2) is 12.2 Å². The van der Waals surface area contributed by atoms with Crippen LogP contribution in [0.1, 0.15) is 31.9 Å². The van der Waals surface area contributed by atoms with Gasteiger partial charge in [0.1, 0.15) is 0 Å². The van der Waals surface area contributed by atoms with Gasteiger partial charge in [0.05, 0.1) is 17.8 Å². The molecule has 1 atom stereocenters. The molecule has 0 aromatic heterocycles. The van der Waals surface area contributed by atoms with Crippen molar-refractivity contribution in [1.82, 2.24) is 0 Å². The zero-order valence-corrected chi connectivity index (χ0v) is 10.2. The van der Waals surface area contributed by atoms with E-state index in [1.807, 2.05) is 20.8 Å². The van der Waals surface area contributed by atoms with Crippen molar-refractivity contribution in [3.05, 3.63) is 35.4 Å². The smallest absolute Gasteiger partial charge is 0.376 e. The molecule has 4 heteroatoms. The first kappa shape index (κ1) is 14.0. The van der Waals surface area contributed by atoms with Gasteiger partial charge < -0.3 is 4.74 Å². The predicted molar refractivity (Wildman–Crippen MR) is 60.8 cm³/mol. The first-order chi connectivity index (χ1) is 7.79. The third-order valence-electron chi connectivity index (χ3n) is 2.31. The van der Waals surface area contributed by atoms with E-state index >= 15 is 0 Å². The van der Waals surface area contributed by atoms with Gasteiger partial charge in [-0.25, -0.2) is 0 Å². The first-order valence-electron chi connectivity index (χ1n) is 5.60. The van der Waals surface area contributed by atoms with Crippen molar-refractivity contribution >= 4 is 0 Å². The highest BCUT2D eigenvalue weighted by Crippen LogP contribution is 2.29. The fourth-order valence-corrected chi connectivity index (χ4v) is 1.67. The summed E-state index contributed by atoms with van der Waals surface area (Å²) in [7, 11) is 0. The summed E-state index contributed by atoms with van der Waals surface area (Å²) in [5.74, 6) is 0. The Bertz CT molecular complexity index is 341. The number of hydrogen-bond donors (Lipinski definition) is 0. The van der Waals surface area contributed by atoms with E-state index in [0.29, 0.717) is 6.42 Å². The standard InChI is InChI=1S/C13H17F3O/c1-9(2)17-10(3)8-11-4-6-12(7-5-11)13(14,15)16/h4-7,9-10H,8H2,1-3H3. The number of benzene rings is 1. The Morgan fingerprint density at radius 1 is 1.06 bits per heavy atom. The molecule has 17 heavy (non-hydrogen) atoms. The van der Waals surface area contributed by atoms with Crippen molar-refractivity contribution in [1.29, 1.82) is 0 Å². The zero-order chi connectivity index (χ0) is 13.1. The van der Waals surface area contributed by atoms with Crippen LogP contribution in [0.2, 0.25) is 0 Å². The second-order valence-corrected chi connectivity index (χ2v) is 4.39. The van der Waals surface area contributed by atoms with Crippen LogP contribution in [0, 0.1) is 0 Å². The minimum absolute atomic E-state index is 0.00624. The highest BCUT2D eigenvalue weighted by molar-refractivity contribution is 5.24. The predicted octanol–water partition coefficient (Wildman–Crippen LogP) is 4.06. The van der Waals surface area contributed by atoms with Crippen molar-refractivity contribution in [2.75, 3.05) is 0 Å². The molecule has 0 heterocycles. The molecule has 0 radical (unpaired) electrons. The summed E-state index contributed by atoms with van der Waals surface area (Å²) >= 11 is 0. The minimum atomic E-state index is -4.27. The lowest BCUT2D eigenvalue weighted by molar-refractivity contribution is -0.137. The van der Waals surface area contributed by atoms with E-state index in [1.165, 1.54) is 12.1 Å². The van der Waals surface area contributed by atoms with Gasteiger partial charge in [0.2, 0.25) is 0 Å². The van der Waals surface area contributed by atoms with Gasteiger partial charge >= 0.3 is 6.18 Å². The van der Waals surface area contributed by atoms with Crippen LogP contribution in [-0.2, 0) is 17.3 Å². The van der Waals surface area contributed by atoms with Crippen LogP contribution in [0.15, 0.2) is 24.3 Å². The maximum absolute atomic E-state index is 12.3. The summed E-state index contributed by atoms with van der Waals surface area (Å²) in [5, 5.41) is 0. The topological polar surface area (TPSA) is 9.23 Å². The molecule has 1 aromatic rings. The SMILES string of the molecule is CC(C)OC(C)Cc1ccc(C(F)(F)F)cc1. The highest BCUT2D eigenvalue weighted by atomic mass is 19.4. The molecule has 0 amide bonds. The molecular formula is C13H17F3O. The summed E-state index contributed by atoms with van der Waals surface area (Å²) in [6.45, 7) is 5.78. The second kappa shape index (κ2) is 5.54. The van der Waals surface area contributed by atoms with Gasteiger partial charge in [0.15, 0.2) is 0 Å². The number of alkyl halides is 3. The van der Waals surface area contributed by atoms with Crippen LogP contribution in [0.4, 0.5) is 13.2 Å². The molecule has 0 fully saturated rings. The van der Waals surface area contributed by atoms with Gasteiger partial charge in [0.25, 0.3) is 0 Å². The Morgan fingerprint density at radius 3 is 2.00 bits per heavy atom. The van der Waals surface area contributed by atoms with Crippen LogP contribution >= 0.6 is 0 Å². The molecule has 1 unspecified atom stereocenters.